The van der Waals surface area contributed by atoms with E-state index in [1.165, 1.54) is 0 Å². The van der Waals surface area contributed by atoms with Crippen molar-refractivity contribution in [3.05, 3.63) is 76.7 Å². The second-order valence-corrected chi connectivity index (χ2v) is 8.22. The lowest BCUT2D eigenvalue weighted by Gasteiger charge is -2.30. The van der Waals surface area contributed by atoms with Gasteiger partial charge in [-0.2, -0.15) is 5.10 Å². The lowest BCUT2D eigenvalue weighted by atomic mass is 9.95. The summed E-state index contributed by atoms with van der Waals surface area (Å²) in [6.45, 7) is 3.92. The number of aromatic amines is 1. The third kappa shape index (κ3) is 3.26. The fourth-order valence-corrected chi connectivity index (χ4v) is 4.33. The van der Waals surface area contributed by atoms with Crippen LogP contribution in [-0.2, 0) is 0 Å². The summed E-state index contributed by atoms with van der Waals surface area (Å²) in [4.78, 5) is 26.9. The van der Waals surface area contributed by atoms with Gasteiger partial charge in [-0.3, -0.25) is 9.59 Å². The summed E-state index contributed by atoms with van der Waals surface area (Å²) < 4.78 is 0. The summed E-state index contributed by atoms with van der Waals surface area (Å²) in [6, 6.07) is 17.9. The standard InChI is InChI=1S/C25H23N3O2/c1-16-9-11-28(12-10-16)25(30)19-6-7-22-17(13-19)3-2-4-21(22)18-5-8-23-20(14-18)15-26-27-24(23)29/h2-8,13-16H,9-12H2,1H3,(H,27,29). The van der Waals surface area contributed by atoms with Crippen molar-refractivity contribution >= 4 is 27.5 Å². The molecule has 1 saturated heterocycles. The maximum absolute atomic E-state index is 13.0. The number of carbonyl (C=O) groups excluding carboxylic acids is 1. The van der Waals surface area contributed by atoms with Gasteiger partial charge in [0, 0.05) is 24.0 Å². The van der Waals surface area contributed by atoms with Gasteiger partial charge in [0.25, 0.3) is 11.5 Å². The second kappa shape index (κ2) is 7.41. The predicted molar refractivity (Wildman–Crippen MR) is 120 cm³/mol. The van der Waals surface area contributed by atoms with E-state index in [4.69, 9.17) is 0 Å². The number of amides is 1. The van der Waals surface area contributed by atoms with Gasteiger partial charge in [0.2, 0.25) is 0 Å². The zero-order valence-electron chi connectivity index (χ0n) is 16.9. The van der Waals surface area contributed by atoms with Gasteiger partial charge in [-0.05, 0) is 64.9 Å². The van der Waals surface area contributed by atoms with E-state index < -0.39 is 0 Å². The highest BCUT2D eigenvalue weighted by molar-refractivity contribution is 6.03. The molecule has 150 valence electrons. The molecule has 1 fully saturated rings. The van der Waals surface area contributed by atoms with Crippen molar-refractivity contribution < 1.29 is 4.79 Å². The zero-order valence-corrected chi connectivity index (χ0v) is 16.9. The van der Waals surface area contributed by atoms with Gasteiger partial charge in [-0.15, -0.1) is 0 Å². The van der Waals surface area contributed by atoms with E-state index in [9.17, 15) is 9.59 Å². The van der Waals surface area contributed by atoms with Gasteiger partial charge in [0.05, 0.1) is 11.6 Å². The van der Waals surface area contributed by atoms with Crippen LogP contribution in [0.15, 0.2) is 65.6 Å². The van der Waals surface area contributed by atoms with Gasteiger partial charge >= 0.3 is 0 Å². The normalized spacial score (nSPS) is 15.0. The highest BCUT2D eigenvalue weighted by Gasteiger charge is 2.21. The first-order valence-electron chi connectivity index (χ1n) is 10.4. The molecule has 5 heteroatoms. The maximum atomic E-state index is 13.0. The largest absolute Gasteiger partial charge is 0.339 e. The van der Waals surface area contributed by atoms with E-state index >= 15 is 0 Å². The Hall–Kier alpha value is -3.47. The van der Waals surface area contributed by atoms with Crippen LogP contribution in [0.5, 0.6) is 0 Å². The number of benzene rings is 3. The molecule has 0 saturated carbocycles. The maximum Gasteiger partial charge on any atom is 0.272 e. The molecule has 30 heavy (non-hydrogen) atoms. The molecule has 3 aromatic carbocycles. The number of carbonyl (C=O) groups is 1. The molecule has 1 amide bonds. The van der Waals surface area contributed by atoms with Crippen molar-refractivity contribution in [2.24, 2.45) is 5.92 Å². The molecule has 0 spiro atoms. The molecule has 1 aliphatic heterocycles. The van der Waals surface area contributed by atoms with Crippen LogP contribution < -0.4 is 5.56 Å². The van der Waals surface area contributed by atoms with Gasteiger partial charge in [0.1, 0.15) is 0 Å². The first kappa shape index (κ1) is 18.6. The number of nitrogens with zero attached hydrogens (tertiary/aromatic N) is 2. The first-order valence-corrected chi connectivity index (χ1v) is 10.4. The number of likely N-dealkylation sites (tertiary alicyclic amines) is 1. The molecule has 0 radical (unpaired) electrons. The molecule has 2 heterocycles. The second-order valence-electron chi connectivity index (χ2n) is 8.22. The predicted octanol–water partition coefficient (Wildman–Crippen LogP) is 4.62. The van der Waals surface area contributed by atoms with Crippen molar-refractivity contribution in [1.82, 2.24) is 15.1 Å². The molecule has 5 rings (SSSR count). The molecular formula is C25H23N3O2. The van der Waals surface area contributed by atoms with Crippen LogP contribution in [0.25, 0.3) is 32.7 Å². The minimum Gasteiger partial charge on any atom is -0.339 e. The third-order valence-corrected chi connectivity index (χ3v) is 6.18. The van der Waals surface area contributed by atoms with Gasteiger partial charge in [-0.1, -0.05) is 37.3 Å². The molecular weight excluding hydrogens is 374 g/mol. The average Bonchev–Trinajstić information content (AvgIpc) is 2.78. The smallest absolute Gasteiger partial charge is 0.272 e. The number of aromatic nitrogens is 2. The lowest BCUT2D eigenvalue weighted by Crippen LogP contribution is -2.37. The van der Waals surface area contributed by atoms with Crippen LogP contribution in [0, 0.1) is 5.92 Å². The Morgan fingerprint density at radius 3 is 2.63 bits per heavy atom. The van der Waals surface area contributed by atoms with Gasteiger partial charge in [0.15, 0.2) is 0 Å². The number of hydrogen-bond acceptors (Lipinski definition) is 3. The summed E-state index contributed by atoms with van der Waals surface area (Å²) in [7, 11) is 0. The Labute approximate surface area is 174 Å². The number of fused-ring (bicyclic) bond motifs is 2. The summed E-state index contributed by atoms with van der Waals surface area (Å²) in [6.07, 6.45) is 3.81. The molecule has 4 aromatic rings. The van der Waals surface area contributed by atoms with Crippen molar-refractivity contribution in [3.8, 4) is 11.1 Å². The SMILES string of the molecule is CC1CCN(C(=O)c2ccc3c(-c4ccc5c(=O)[nH]ncc5c4)cccc3c2)CC1. The fraction of sp³-hybridized carbons (Fsp3) is 0.240. The number of H-pyrrole nitrogens is 1. The lowest BCUT2D eigenvalue weighted by molar-refractivity contribution is 0.0697. The summed E-state index contributed by atoms with van der Waals surface area (Å²) in [5, 5.41) is 9.92. The van der Waals surface area contributed by atoms with E-state index in [2.05, 4.69) is 23.2 Å². The summed E-state index contributed by atoms with van der Waals surface area (Å²) in [5.74, 6) is 0.811. The Morgan fingerprint density at radius 2 is 1.80 bits per heavy atom. The van der Waals surface area contributed by atoms with Crippen molar-refractivity contribution in [1.29, 1.82) is 0 Å². The van der Waals surface area contributed by atoms with Crippen LogP contribution in [0.1, 0.15) is 30.1 Å². The van der Waals surface area contributed by atoms with E-state index in [1.807, 2.05) is 53.4 Å². The molecule has 0 bridgehead atoms. The Kier molecular flexibility index (Phi) is 4.58. The van der Waals surface area contributed by atoms with Crippen LogP contribution in [0.2, 0.25) is 0 Å². The highest BCUT2D eigenvalue weighted by atomic mass is 16.2. The monoisotopic (exact) mass is 397 g/mol. The fourth-order valence-electron chi connectivity index (χ4n) is 4.33. The molecule has 1 aliphatic rings. The van der Waals surface area contributed by atoms with Crippen molar-refractivity contribution in [2.75, 3.05) is 13.1 Å². The zero-order chi connectivity index (χ0) is 20.7. The van der Waals surface area contributed by atoms with E-state index in [-0.39, 0.29) is 11.5 Å². The Bertz CT molecular complexity index is 1320. The van der Waals surface area contributed by atoms with Crippen LogP contribution >= 0.6 is 0 Å². The van der Waals surface area contributed by atoms with Crippen LogP contribution in [-0.4, -0.2) is 34.1 Å². The molecule has 0 aliphatic carbocycles. The minimum absolute atomic E-state index is 0.116. The first-order chi connectivity index (χ1) is 14.6. The van der Waals surface area contributed by atoms with Gasteiger partial charge in [-0.25, -0.2) is 5.10 Å². The number of hydrogen-bond donors (Lipinski definition) is 1. The van der Waals surface area contributed by atoms with E-state index in [0.29, 0.717) is 11.3 Å². The average molecular weight is 397 g/mol. The summed E-state index contributed by atoms with van der Waals surface area (Å²) >= 11 is 0. The van der Waals surface area contributed by atoms with Crippen molar-refractivity contribution in [2.45, 2.75) is 19.8 Å². The minimum atomic E-state index is -0.188. The Balaban J connectivity index is 1.53. The van der Waals surface area contributed by atoms with Crippen molar-refractivity contribution in [3.63, 3.8) is 0 Å². The molecule has 1 N–H and O–H groups in total. The van der Waals surface area contributed by atoms with Crippen LogP contribution in [0.4, 0.5) is 0 Å². The molecule has 0 unspecified atom stereocenters. The molecule has 1 aromatic heterocycles. The number of nitrogens with one attached hydrogen (secondary N) is 1. The molecule has 5 nitrogen and oxygen atoms in total. The Morgan fingerprint density at radius 1 is 1.00 bits per heavy atom. The quantitative estimate of drug-likeness (QED) is 0.537. The third-order valence-electron chi connectivity index (χ3n) is 6.18. The number of piperidine rings is 1. The molecule has 0 atom stereocenters. The van der Waals surface area contributed by atoms with E-state index in [0.717, 1.165) is 58.8 Å². The topological polar surface area (TPSA) is 66.1 Å². The summed E-state index contributed by atoms with van der Waals surface area (Å²) in [5.41, 5.74) is 2.64. The number of rotatable bonds is 2. The van der Waals surface area contributed by atoms with E-state index in [1.54, 1.807) is 6.20 Å². The highest BCUT2D eigenvalue weighted by Crippen LogP contribution is 2.31. The van der Waals surface area contributed by atoms with Gasteiger partial charge < -0.3 is 4.90 Å². The van der Waals surface area contributed by atoms with Crippen LogP contribution in [0.3, 0.4) is 0 Å².